The average Bonchev–Trinajstić information content (AvgIpc) is 3.56. The van der Waals surface area contributed by atoms with Crippen molar-refractivity contribution in [1.82, 2.24) is 4.90 Å². The molecule has 184 valence electrons. The Morgan fingerprint density at radius 3 is 2.14 bits per heavy atom. The van der Waals surface area contributed by atoms with Gasteiger partial charge in [-0.25, -0.2) is 4.79 Å². The number of carbonyl (C=O) groups is 5. The van der Waals surface area contributed by atoms with Crippen LogP contribution in [0.1, 0.15) is 29.3 Å². The number of carbonyl (C=O) groups excluding carboxylic acids is 5. The van der Waals surface area contributed by atoms with Crippen LogP contribution in [0, 0.1) is 23.7 Å². The van der Waals surface area contributed by atoms with Crippen molar-refractivity contribution in [2.24, 2.45) is 23.7 Å². The van der Waals surface area contributed by atoms with Crippen molar-refractivity contribution in [1.29, 1.82) is 0 Å². The number of benzene rings is 2. The first-order valence-corrected chi connectivity index (χ1v) is 12.0. The molecule has 0 spiro atoms. The molecule has 3 aliphatic rings. The van der Waals surface area contributed by atoms with Crippen molar-refractivity contribution >= 4 is 35.2 Å². The maximum absolute atomic E-state index is 13.3. The first kappa shape index (κ1) is 23.7. The van der Waals surface area contributed by atoms with E-state index in [1.54, 1.807) is 24.3 Å². The molecule has 1 N–H and O–H groups in total. The molecule has 0 unspecified atom stereocenters. The summed E-state index contributed by atoms with van der Waals surface area (Å²) in [6, 6.07) is 14.3. The Morgan fingerprint density at radius 2 is 1.56 bits per heavy atom. The number of nitrogens with zero attached hydrogens (tertiary/aromatic N) is 1. The number of esters is 1. The van der Waals surface area contributed by atoms with Crippen molar-refractivity contribution in [3.63, 3.8) is 0 Å². The second kappa shape index (κ2) is 9.53. The fourth-order valence-corrected chi connectivity index (χ4v) is 5.57. The number of nitrogens with one attached hydrogen (secondary N) is 1. The van der Waals surface area contributed by atoms with Crippen molar-refractivity contribution in [3.05, 3.63) is 77.9 Å². The highest BCUT2D eigenvalue weighted by Gasteiger charge is 2.61. The fraction of sp³-hybridized carbons (Fsp3) is 0.321. The van der Waals surface area contributed by atoms with Gasteiger partial charge < -0.3 is 10.1 Å². The largest absolute Gasteiger partial charge is 0.454 e. The van der Waals surface area contributed by atoms with Crippen LogP contribution in [0.25, 0.3) is 0 Å². The molecular formula is C28H26N2O6. The number of amides is 3. The molecule has 8 nitrogen and oxygen atoms in total. The molecule has 36 heavy (non-hydrogen) atoms. The Labute approximate surface area is 208 Å². The Hall–Kier alpha value is -4.07. The number of ether oxygens (including phenoxy) is 1. The van der Waals surface area contributed by atoms with E-state index in [1.807, 2.05) is 42.5 Å². The number of anilines is 1. The average molecular weight is 487 g/mol. The lowest BCUT2D eigenvalue weighted by atomic mass is 9.85. The summed E-state index contributed by atoms with van der Waals surface area (Å²) in [5, 5.41) is 2.61. The fourth-order valence-electron chi connectivity index (χ4n) is 5.57. The predicted octanol–water partition coefficient (Wildman–Crippen LogP) is 2.79. The topological polar surface area (TPSA) is 110 Å². The number of fused-ring (bicyclic) bond motifs is 5. The van der Waals surface area contributed by atoms with Crippen LogP contribution in [0.2, 0.25) is 0 Å². The summed E-state index contributed by atoms with van der Waals surface area (Å²) in [7, 11) is 0. The number of hydrogen-bond acceptors (Lipinski definition) is 6. The van der Waals surface area contributed by atoms with Crippen LogP contribution in [0.15, 0.2) is 66.7 Å². The molecule has 2 aromatic rings. The highest BCUT2D eigenvalue weighted by Crippen LogP contribution is 2.53. The van der Waals surface area contributed by atoms with Crippen LogP contribution in [0.4, 0.5) is 5.69 Å². The summed E-state index contributed by atoms with van der Waals surface area (Å²) in [6.07, 6.45) is 4.89. The predicted molar refractivity (Wildman–Crippen MR) is 130 cm³/mol. The van der Waals surface area contributed by atoms with Gasteiger partial charge in [0, 0.05) is 17.7 Å². The summed E-state index contributed by atoms with van der Waals surface area (Å²) in [5.74, 6) is -2.96. The normalized spacial score (nSPS) is 24.5. The maximum atomic E-state index is 13.3. The van der Waals surface area contributed by atoms with E-state index in [2.05, 4.69) is 5.32 Å². The molecule has 2 fully saturated rings. The van der Waals surface area contributed by atoms with E-state index in [9.17, 15) is 24.0 Å². The lowest BCUT2D eigenvalue weighted by Gasteiger charge is -2.26. The summed E-state index contributed by atoms with van der Waals surface area (Å²) < 4.78 is 5.31. The quantitative estimate of drug-likeness (QED) is 0.266. The summed E-state index contributed by atoms with van der Waals surface area (Å²) in [4.78, 5) is 64.8. The van der Waals surface area contributed by atoms with Crippen LogP contribution in [-0.4, -0.2) is 47.0 Å². The molecular weight excluding hydrogens is 460 g/mol. The van der Waals surface area contributed by atoms with Gasteiger partial charge in [0.05, 0.1) is 11.8 Å². The lowest BCUT2D eigenvalue weighted by Crippen LogP contribution is -2.48. The number of likely N-dealkylation sites (tertiary alicyclic amines) is 1. The molecule has 1 heterocycles. The third kappa shape index (κ3) is 4.34. The summed E-state index contributed by atoms with van der Waals surface area (Å²) in [5.41, 5.74) is 1.73. The molecule has 0 radical (unpaired) electrons. The molecule has 3 amide bonds. The van der Waals surface area contributed by atoms with E-state index in [0.717, 1.165) is 16.9 Å². The summed E-state index contributed by atoms with van der Waals surface area (Å²) >= 11 is 0. The lowest BCUT2D eigenvalue weighted by molar-refractivity contribution is -0.160. The maximum Gasteiger partial charge on any atom is 0.330 e. The number of rotatable bonds is 8. The first-order valence-electron chi connectivity index (χ1n) is 12.0. The van der Waals surface area contributed by atoms with Gasteiger partial charge in [-0.1, -0.05) is 42.5 Å². The van der Waals surface area contributed by atoms with E-state index >= 15 is 0 Å². The van der Waals surface area contributed by atoms with Crippen LogP contribution in [-0.2, 0) is 30.3 Å². The molecule has 1 saturated heterocycles. The third-order valence-electron chi connectivity index (χ3n) is 7.28. The zero-order valence-electron chi connectivity index (χ0n) is 19.8. The molecule has 5 rings (SSSR count). The van der Waals surface area contributed by atoms with Crippen LogP contribution >= 0.6 is 0 Å². The molecule has 0 aromatic heterocycles. The number of hydrogen-bond donors (Lipinski definition) is 1. The number of Topliss-reactive ketones (excluding diaryl/α,β-unsaturated/α-hetero) is 1. The Kier molecular flexibility index (Phi) is 6.26. The third-order valence-corrected chi connectivity index (χ3v) is 7.28. The Balaban J connectivity index is 1.29. The van der Waals surface area contributed by atoms with Crippen LogP contribution < -0.4 is 5.32 Å². The zero-order chi connectivity index (χ0) is 25.4. The number of ketones is 1. The standard InChI is InChI=1S/C28H26N2O6/c1-16(31)18-9-11-21(12-10-18)29-23(32)15-36-28(35)22(13-17-5-3-2-4-6-17)30-26(33)24-19-7-8-20(14-19)25(24)27(30)34/h2-12,19-20,22,24-25H,13-15H2,1H3,(H,29,32)/t19-,20-,22-,24-,25+/m0/s1. The molecule has 1 aliphatic heterocycles. The summed E-state index contributed by atoms with van der Waals surface area (Å²) in [6.45, 7) is 0.873. The first-order chi connectivity index (χ1) is 17.3. The van der Waals surface area contributed by atoms with E-state index in [-0.39, 0.29) is 35.9 Å². The second-order valence-corrected chi connectivity index (χ2v) is 9.54. The Bertz CT molecular complexity index is 1220. The van der Waals surface area contributed by atoms with Crippen molar-refractivity contribution in [3.8, 4) is 0 Å². The number of allylic oxidation sites excluding steroid dienone is 2. The zero-order valence-corrected chi connectivity index (χ0v) is 19.8. The highest BCUT2D eigenvalue weighted by molar-refractivity contribution is 6.09. The molecule has 2 bridgehead atoms. The second-order valence-electron chi connectivity index (χ2n) is 9.54. The van der Waals surface area contributed by atoms with Crippen molar-refractivity contribution in [2.75, 3.05) is 11.9 Å². The smallest absolute Gasteiger partial charge is 0.330 e. The van der Waals surface area contributed by atoms with Gasteiger partial charge in [0.2, 0.25) is 11.8 Å². The van der Waals surface area contributed by atoms with Crippen molar-refractivity contribution in [2.45, 2.75) is 25.8 Å². The minimum atomic E-state index is -1.15. The molecule has 5 atom stereocenters. The van der Waals surface area contributed by atoms with Gasteiger partial charge in [-0.05, 0) is 55.0 Å². The van der Waals surface area contributed by atoms with Crippen molar-refractivity contribution < 1.29 is 28.7 Å². The Morgan fingerprint density at radius 1 is 0.944 bits per heavy atom. The van der Waals surface area contributed by atoms with Gasteiger partial charge in [0.1, 0.15) is 6.04 Å². The SMILES string of the molecule is CC(=O)c1ccc(NC(=O)COC(=O)[C@H](Cc2ccccc2)N2C(=O)[C@@H]3[C@H](C2=O)[C@H]2C=C[C@H]3C2)cc1. The van der Waals surface area contributed by atoms with Crippen LogP contribution in [0.3, 0.4) is 0 Å². The van der Waals surface area contributed by atoms with E-state index < -0.39 is 36.4 Å². The van der Waals surface area contributed by atoms with Gasteiger partial charge in [-0.2, -0.15) is 0 Å². The van der Waals surface area contributed by atoms with Gasteiger partial charge >= 0.3 is 5.97 Å². The van der Waals surface area contributed by atoms with E-state index in [0.29, 0.717) is 11.3 Å². The molecule has 2 aliphatic carbocycles. The van der Waals surface area contributed by atoms with Crippen LogP contribution in [0.5, 0.6) is 0 Å². The molecule has 2 aromatic carbocycles. The van der Waals surface area contributed by atoms with E-state index in [4.69, 9.17) is 4.74 Å². The van der Waals surface area contributed by atoms with Gasteiger partial charge in [-0.3, -0.25) is 24.1 Å². The minimum absolute atomic E-state index is 0.0232. The van der Waals surface area contributed by atoms with Gasteiger partial charge in [-0.15, -0.1) is 0 Å². The number of imide groups is 1. The molecule has 8 heteroatoms. The van der Waals surface area contributed by atoms with Gasteiger partial charge in [0.15, 0.2) is 12.4 Å². The van der Waals surface area contributed by atoms with E-state index in [1.165, 1.54) is 6.92 Å². The monoisotopic (exact) mass is 486 g/mol. The van der Waals surface area contributed by atoms with Gasteiger partial charge in [0.25, 0.3) is 5.91 Å². The highest BCUT2D eigenvalue weighted by atomic mass is 16.5. The molecule has 1 saturated carbocycles. The minimum Gasteiger partial charge on any atom is -0.454 e.